The van der Waals surface area contributed by atoms with Gasteiger partial charge in [-0.3, -0.25) is 9.59 Å². The van der Waals surface area contributed by atoms with Gasteiger partial charge in [-0.05, 0) is 44.0 Å². The van der Waals surface area contributed by atoms with Gasteiger partial charge in [-0.2, -0.15) is 0 Å². The molecule has 0 aliphatic carbocycles. The summed E-state index contributed by atoms with van der Waals surface area (Å²) in [5.41, 5.74) is 3.37. The molecule has 0 spiro atoms. The molecular formula is C20H18O4. The zero-order valence-electron chi connectivity index (χ0n) is 13.9. The van der Waals surface area contributed by atoms with Crippen molar-refractivity contribution in [3.8, 4) is 11.5 Å². The summed E-state index contributed by atoms with van der Waals surface area (Å²) in [5, 5.41) is 0. The number of rotatable bonds is 4. The van der Waals surface area contributed by atoms with Crippen molar-refractivity contribution >= 4 is 17.6 Å². The smallest absolute Gasteiger partial charge is 0.232 e. The van der Waals surface area contributed by atoms with Gasteiger partial charge in [0.25, 0.3) is 0 Å². The van der Waals surface area contributed by atoms with Crippen LogP contribution >= 0.6 is 0 Å². The average Bonchev–Trinajstić information content (AvgIpc) is 2.84. The molecule has 0 aromatic heterocycles. The molecule has 0 radical (unpaired) electrons. The van der Waals surface area contributed by atoms with Crippen molar-refractivity contribution in [2.75, 3.05) is 6.61 Å². The fourth-order valence-corrected chi connectivity index (χ4v) is 2.56. The highest BCUT2D eigenvalue weighted by molar-refractivity contribution is 6.15. The quantitative estimate of drug-likeness (QED) is 0.801. The third-order valence-electron chi connectivity index (χ3n) is 3.76. The zero-order valence-corrected chi connectivity index (χ0v) is 13.9. The largest absolute Gasteiger partial charge is 0.486 e. The van der Waals surface area contributed by atoms with Gasteiger partial charge in [-0.1, -0.05) is 29.8 Å². The maximum atomic E-state index is 12.6. The van der Waals surface area contributed by atoms with Gasteiger partial charge in [0.2, 0.25) is 5.78 Å². The summed E-state index contributed by atoms with van der Waals surface area (Å²) in [7, 11) is 0. The minimum absolute atomic E-state index is 0.00175. The molecule has 0 amide bonds. The number of fused-ring (bicyclic) bond motifs is 1. The fraction of sp³-hybridized carbons (Fsp3) is 0.200. The second-order valence-corrected chi connectivity index (χ2v) is 5.95. The molecule has 0 unspecified atom stereocenters. The molecule has 4 nitrogen and oxygen atoms in total. The Kier molecular flexibility index (Phi) is 4.21. The molecule has 1 aliphatic rings. The third kappa shape index (κ3) is 3.23. The van der Waals surface area contributed by atoms with Crippen LogP contribution in [0.4, 0.5) is 0 Å². The summed E-state index contributed by atoms with van der Waals surface area (Å²) in [6.45, 7) is 5.30. The summed E-state index contributed by atoms with van der Waals surface area (Å²) in [5.74, 6) is 1.08. The topological polar surface area (TPSA) is 52.6 Å². The van der Waals surface area contributed by atoms with Gasteiger partial charge in [0.1, 0.15) is 18.1 Å². The van der Waals surface area contributed by atoms with E-state index in [1.54, 1.807) is 18.2 Å². The maximum absolute atomic E-state index is 12.6. The molecule has 24 heavy (non-hydrogen) atoms. The summed E-state index contributed by atoms with van der Waals surface area (Å²) < 4.78 is 11.1. The van der Waals surface area contributed by atoms with E-state index >= 15 is 0 Å². The molecule has 0 saturated heterocycles. The number of ether oxygens (including phenoxy) is 2. The van der Waals surface area contributed by atoms with E-state index in [4.69, 9.17) is 9.47 Å². The molecule has 122 valence electrons. The van der Waals surface area contributed by atoms with Crippen molar-refractivity contribution in [2.45, 2.75) is 20.8 Å². The lowest BCUT2D eigenvalue weighted by molar-refractivity contribution is -0.118. The van der Waals surface area contributed by atoms with Crippen LogP contribution in [0.1, 0.15) is 34.0 Å². The monoisotopic (exact) mass is 322 g/mol. The van der Waals surface area contributed by atoms with Gasteiger partial charge < -0.3 is 9.47 Å². The minimum Gasteiger partial charge on any atom is -0.486 e. The first kappa shape index (κ1) is 16.0. The van der Waals surface area contributed by atoms with Crippen LogP contribution in [0.2, 0.25) is 0 Å². The molecular weight excluding hydrogens is 304 g/mol. The number of aryl methyl sites for hydroxylation is 2. The van der Waals surface area contributed by atoms with Gasteiger partial charge in [-0.25, -0.2) is 0 Å². The van der Waals surface area contributed by atoms with Crippen LogP contribution in [0.3, 0.4) is 0 Å². The van der Waals surface area contributed by atoms with Crippen molar-refractivity contribution in [3.05, 3.63) is 64.4 Å². The van der Waals surface area contributed by atoms with E-state index in [2.05, 4.69) is 0 Å². The standard InChI is InChI=1S/C20H18O4/c1-12-4-6-15(7-5-12)9-18-20(22)19-13(2)8-16(10-17(19)24-18)23-11-14(3)21/h4-10H,11H2,1-3H3/b18-9-. The lowest BCUT2D eigenvalue weighted by atomic mass is 10.0. The summed E-state index contributed by atoms with van der Waals surface area (Å²) in [6.07, 6.45) is 1.73. The molecule has 3 rings (SSSR count). The van der Waals surface area contributed by atoms with E-state index in [1.807, 2.05) is 38.1 Å². The van der Waals surface area contributed by atoms with Crippen molar-refractivity contribution in [1.82, 2.24) is 0 Å². The third-order valence-corrected chi connectivity index (χ3v) is 3.76. The second-order valence-electron chi connectivity index (χ2n) is 5.95. The van der Waals surface area contributed by atoms with Crippen LogP contribution in [0.5, 0.6) is 11.5 Å². The number of ketones is 2. The number of allylic oxidation sites excluding steroid dienone is 1. The Morgan fingerprint density at radius 1 is 1.17 bits per heavy atom. The predicted molar refractivity (Wildman–Crippen MR) is 91.5 cm³/mol. The number of hydrogen-bond donors (Lipinski definition) is 0. The number of carbonyl (C=O) groups excluding carboxylic acids is 2. The Labute approximate surface area is 140 Å². The number of Topliss-reactive ketones (excluding diaryl/α,β-unsaturated/α-hetero) is 2. The van der Waals surface area contributed by atoms with Crippen LogP contribution in [-0.2, 0) is 4.79 Å². The van der Waals surface area contributed by atoms with Crippen molar-refractivity contribution < 1.29 is 19.1 Å². The van der Waals surface area contributed by atoms with Gasteiger partial charge in [0.15, 0.2) is 11.5 Å². The lowest BCUT2D eigenvalue weighted by Gasteiger charge is -2.07. The Balaban J connectivity index is 1.90. The van der Waals surface area contributed by atoms with Gasteiger partial charge in [-0.15, -0.1) is 0 Å². The summed E-state index contributed by atoms with van der Waals surface area (Å²) in [6, 6.07) is 11.2. The van der Waals surface area contributed by atoms with Crippen molar-refractivity contribution in [2.24, 2.45) is 0 Å². The Morgan fingerprint density at radius 3 is 2.54 bits per heavy atom. The molecule has 1 aliphatic heterocycles. The van der Waals surface area contributed by atoms with Crippen LogP contribution in [-0.4, -0.2) is 18.2 Å². The SMILES string of the molecule is CC(=O)COc1cc(C)c2c(c1)O/C(=C\c1ccc(C)cc1)C2=O. The Morgan fingerprint density at radius 2 is 1.88 bits per heavy atom. The molecule has 4 heteroatoms. The number of hydrogen-bond acceptors (Lipinski definition) is 4. The van der Waals surface area contributed by atoms with E-state index in [-0.39, 0.29) is 18.2 Å². The highest BCUT2D eigenvalue weighted by atomic mass is 16.5. The first-order valence-electron chi connectivity index (χ1n) is 7.72. The zero-order chi connectivity index (χ0) is 17.3. The van der Waals surface area contributed by atoms with E-state index in [9.17, 15) is 9.59 Å². The molecule has 0 atom stereocenters. The van der Waals surface area contributed by atoms with Crippen LogP contribution < -0.4 is 9.47 Å². The average molecular weight is 322 g/mol. The van der Waals surface area contributed by atoms with Gasteiger partial charge in [0, 0.05) is 6.07 Å². The maximum Gasteiger partial charge on any atom is 0.232 e. The van der Waals surface area contributed by atoms with Crippen LogP contribution in [0, 0.1) is 13.8 Å². The summed E-state index contributed by atoms with van der Waals surface area (Å²) >= 11 is 0. The van der Waals surface area contributed by atoms with Crippen LogP contribution in [0.15, 0.2) is 42.2 Å². The van der Waals surface area contributed by atoms with E-state index in [1.165, 1.54) is 6.92 Å². The van der Waals surface area contributed by atoms with E-state index < -0.39 is 0 Å². The highest BCUT2D eigenvalue weighted by Gasteiger charge is 2.30. The highest BCUT2D eigenvalue weighted by Crippen LogP contribution is 2.37. The minimum atomic E-state index is -0.138. The molecule has 2 aromatic carbocycles. The molecule has 0 saturated carbocycles. The summed E-state index contributed by atoms with van der Waals surface area (Å²) in [4.78, 5) is 23.6. The van der Waals surface area contributed by atoms with Crippen molar-refractivity contribution in [3.63, 3.8) is 0 Å². The molecule has 1 heterocycles. The second kappa shape index (κ2) is 6.32. The predicted octanol–water partition coefficient (Wildman–Crippen LogP) is 3.89. The van der Waals surface area contributed by atoms with Crippen LogP contribution in [0.25, 0.3) is 6.08 Å². The Bertz CT molecular complexity index is 845. The molecule has 0 bridgehead atoms. The van der Waals surface area contributed by atoms with E-state index in [0.717, 1.165) is 16.7 Å². The lowest BCUT2D eigenvalue weighted by Crippen LogP contribution is -2.06. The Hall–Kier alpha value is -2.88. The molecule has 0 fully saturated rings. The van der Waals surface area contributed by atoms with E-state index in [0.29, 0.717) is 22.8 Å². The first-order valence-corrected chi connectivity index (χ1v) is 7.72. The van der Waals surface area contributed by atoms with Gasteiger partial charge >= 0.3 is 0 Å². The van der Waals surface area contributed by atoms with Gasteiger partial charge in [0.05, 0.1) is 5.56 Å². The van der Waals surface area contributed by atoms with Crippen molar-refractivity contribution in [1.29, 1.82) is 0 Å². The number of benzene rings is 2. The first-order chi connectivity index (χ1) is 11.4. The number of carbonyl (C=O) groups is 2. The normalized spacial score (nSPS) is 14.5. The fourth-order valence-electron chi connectivity index (χ4n) is 2.56. The molecule has 2 aromatic rings. The molecule has 0 N–H and O–H groups in total.